The molecular weight excluding hydrogens is 262 g/mol. The zero-order valence-corrected chi connectivity index (χ0v) is 13.2. The molecule has 112 valence electrons. The van der Waals surface area contributed by atoms with Crippen LogP contribution in [0.1, 0.15) is 49.3 Å². The van der Waals surface area contributed by atoms with E-state index in [1.807, 2.05) is 31.2 Å². The van der Waals surface area contributed by atoms with Crippen LogP contribution in [-0.4, -0.2) is 9.97 Å². The molecule has 4 heteroatoms. The lowest BCUT2D eigenvalue weighted by Gasteiger charge is -2.13. The van der Waals surface area contributed by atoms with Crippen LogP contribution < -0.4 is 10.5 Å². The van der Waals surface area contributed by atoms with Crippen LogP contribution in [0, 0.1) is 6.92 Å². The lowest BCUT2D eigenvalue weighted by Crippen LogP contribution is -2.03. The average Bonchev–Trinajstić information content (AvgIpc) is 2.48. The normalized spacial score (nSPS) is 11.0. The number of nitrogens with two attached hydrogens (primary N) is 1. The van der Waals surface area contributed by atoms with Gasteiger partial charge < -0.3 is 10.5 Å². The molecule has 4 nitrogen and oxygen atoms in total. The second-order valence-corrected chi connectivity index (χ2v) is 5.45. The monoisotopic (exact) mass is 285 g/mol. The third-order valence-corrected chi connectivity index (χ3v) is 3.33. The van der Waals surface area contributed by atoms with Gasteiger partial charge in [0.25, 0.3) is 0 Å². The molecule has 0 aliphatic carbocycles. The Morgan fingerprint density at radius 1 is 1.19 bits per heavy atom. The highest BCUT2D eigenvalue weighted by atomic mass is 16.5. The predicted molar refractivity (Wildman–Crippen MR) is 84.6 cm³/mol. The van der Waals surface area contributed by atoms with Gasteiger partial charge >= 0.3 is 0 Å². The van der Waals surface area contributed by atoms with Gasteiger partial charge in [-0.25, -0.2) is 4.98 Å². The number of nitrogens with zero attached hydrogens (tertiary/aromatic N) is 2. The zero-order valence-electron chi connectivity index (χ0n) is 13.2. The first-order chi connectivity index (χ1) is 10.0. The number of hydrogen-bond donors (Lipinski definition) is 1. The molecule has 2 rings (SSSR count). The highest BCUT2D eigenvalue weighted by molar-refractivity contribution is 5.35. The summed E-state index contributed by atoms with van der Waals surface area (Å²) in [5.74, 6) is 1.68. The van der Waals surface area contributed by atoms with Crippen molar-refractivity contribution in [2.45, 2.75) is 46.6 Å². The van der Waals surface area contributed by atoms with Gasteiger partial charge in [-0.3, -0.25) is 4.98 Å². The Labute approximate surface area is 126 Å². The Morgan fingerprint density at radius 3 is 2.57 bits per heavy atom. The molecule has 0 radical (unpaired) electrons. The van der Waals surface area contributed by atoms with E-state index in [1.54, 1.807) is 0 Å². The van der Waals surface area contributed by atoms with Crippen molar-refractivity contribution in [3.05, 3.63) is 46.9 Å². The first-order valence-electron chi connectivity index (χ1n) is 7.38. The molecule has 0 bridgehead atoms. The van der Waals surface area contributed by atoms with Crippen LogP contribution in [0.2, 0.25) is 0 Å². The van der Waals surface area contributed by atoms with Gasteiger partial charge in [-0.05, 0) is 43.0 Å². The fourth-order valence-corrected chi connectivity index (χ4v) is 2.10. The quantitative estimate of drug-likeness (QED) is 0.909. The van der Waals surface area contributed by atoms with E-state index in [0.717, 1.165) is 34.8 Å². The average molecular weight is 285 g/mol. The molecule has 0 saturated heterocycles. The van der Waals surface area contributed by atoms with Crippen molar-refractivity contribution < 1.29 is 4.74 Å². The maximum Gasteiger partial charge on any atom is 0.219 e. The summed E-state index contributed by atoms with van der Waals surface area (Å²) in [6.45, 7) is 8.74. The molecular formula is C17H23N3O. The molecule has 0 aliphatic rings. The van der Waals surface area contributed by atoms with E-state index in [-0.39, 0.29) is 0 Å². The largest absolute Gasteiger partial charge is 0.437 e. The van der Waals surface area contributed by atoms with Crippen LogP contribution in [0.25, 0.3) is 0 Å². The number of rotatable bonds is 5. The zero-order chi connectivity index (χ0) is 15.4. The number of aromatic nitrogens is 2. The maximum absolute atomic E-state index is 5.96. The molecule has 2 N–H and O–H groups in total. The number of aryl methyl sites for hydroxylation is 2. The summed E-state index contributed by atoms with van der Waals surface area (Å²) in [5.41, 5.74) is 9.72. The number of ether oxygens (including phenoxy) is 1. The molecule has 0 aromatic carbocycles. The lowest BCUT2D eigenvalue weighted by atomic mass is 10.1. The Hall–Kier alpha value is -1.94. The van der Waals surface area contributed by atoms with Gasteiger partial charge in [-0.15, -0.1) is 0 Å². The third kappa shape index (κ3) is 3.79. The highest BCUT2D eigenvalue weighted by Gasteiger charge is 2.10. The van der Waals surface area contributed by atoms with Crippen molar-refractivity contribution in [3.8, 4) is 11.6 Å². The first kappa shape index (κ1) is 15.4. The first-order valence-corrected chi connectivity index (χ1v) is 7.38. The lowest BCUT2D eigenvalue weighted by molar-refractivity contribution is 0.450. The number of hydrogen-bond acceptors (Lipinski definition) is 4. The van der Waals surface area contributed by atoms with Crippen LogP contribution in [0.3, 0.4) is 0 Å². The summed E-state index contributed by atoms with van der Waals surface area (Å²) in [4.78, 5) is 9.08. The van der Waals surface area contributed by atoms with Gasteiger partial charge in [-0.2, -0.15) is 0 Å². The minimum atomic E-state index is 0.334. The van der Waals surface area contributed by atoms with Gasteiger partial charge in [0.2, 0.25) is 5.88 Å². The van der Waals surface area contributed by atoms with E-state index >= 15 is 0 Å². The second kappa shape index (κ2) is 6.68. The molecule has 0 amide bonds. The van der Waals surface area contributed by atoms with Crippen molar-refractivity contribution in [3.63, 3.8) is 0 Å². The van der Waals surface area contributed by atoms with Crippen molar-refractivity contribution >= 4 is 0 Å². The maximum atomic E-state index is 5.96. The summed E-state index contributed by atoms with van der Waals surface area (Å²) in [6, 6.07) is 7.83. The standard InChI is InChI=1S/C17H23N3O/c1-5-14-16(7-6-12(4)19-14)21-17-9-13(10-18)8-15(20-17)11(2)3/h6-9,11H,5,10,18H2,1-4H3. The van der Waals surface area contributed by atoms with Gasteiger partial charge in [0.15, 0.2) is 5.75 Å². The fraction of sp³-hybridized carbons (Fsp3) is 0.412. The van der Waals surface area contributed by atoms with E-state index in [2.05, 4.69) is 30.7 Å². The third-order valence-electron chi connectivity index (χ3n) is 3.33. The molecule has 0 atom stereocenters. The highest BCUT2D eigenvalue weighted by Crippen LogP contribution is 2.26. The fourth-order valence-electron chi connectivity index (χ4n) is 2.10. The van der Waals surface area contributed by atoms with E-state index < -0.39 is 0 Å². The summed E-state index contributed by atoms with van der Waals surface area (Å²) in [5, 5.41) is 0. The minimum Gasteiger partial charge on any atom is -0.437 e. The van der Waals surface area contributed by atoms with Gasteiger partial charge in [0.1, 0.15) is 0 Å². The van der Waals surface area contributed by atoms with Crippen molar-refractivity contribution in [2.75, 3.05) is 0 Å². The smallest absolute Gasteiger partial charge is 0.219 e. The Morgan fingerprint density at radius 2 is 1.95 bits per heavy atom. The second-order valence-electron chi connectivity index (χ2n) is 5.45. The predicted octanol–water partition coefficient (Wildman–Crippen LogP) is 3.72. The Bertz CT molecular complexity index is 623. The van der Waals surface area contributed by atoms with E-state index in [0.29, 0.717) is 18.3 Å². The molecule has 0 aliphatic heterocycles. The molecule has 2 aromatic rings. The summed E-state index contributed by atoms with van der Waals surface area (Å²) < 4.78 is 5.96. The van der Waals surface area contributed by atoms with Gasteiger partial charge in [0.05, 0.1) is 5.69 Å². The molecule has 21 heavy (non-hydrogen) atoms. The van der Waals surface area contributed by atoms with Crippen LogP contribution in [0.5, 0.6) is 11.6 Å². The summed E-state index contributed by atoms with van der Waals surface area (Å²) >= 11 is 0. The van der Waals surface area contributed by atoms with Crippen LogP contribution >= 0.6 is 0 Å². The van der Waals surface area contributed by atoms with E-state index in [9.17, 15) is 0 Å². The molecule has 2 aromatic heterocycles. The molecule has 0 unspecified atom stereocenters. The molecule has 0 fully saturated rings. The molecule has 0 saturated carbocycles. The Kier molecular flexibility index (Phi) is 4.91. The van der Waals surface area contributed by atoms with Crippen LogP contribution in [-0.2, 0) is 13.0 Å². The minimum absolute atomic E-state index is 0.334. The topological polar surface area (TPSA) is 61.0 Å². The van der Waals surface area contributed by atoms with Crippen LogP contribution in [0.15, 0.2) is 24.3 Å². The van der Waals surface area contributed by atoms with Crippen molar-refractivity contribution in [1.82, 2.24) is 9.97 Å². The number of pyridine rings is 2. The summed E-state index contributed by atoms with van der Waals surface area (Å²) in [7, 11) is 0. The van der Waals surface area contributed by atoms with E-state index in [1.165, 1.54) is 0 Å². The van der Waals surface area contributed by atoms with E-state index in [4.69, 9.17) is 10.5 Å². The molecule has 0 spiro atoms. The SMILES string of the molecule is CCc1nc(C)ccc1Oc1cc(CN)cc(C(C)C)n1. The Balaban J connectivity index is 2.37. The summed E-state index contributed by atoms with van der Waals surface area (Å²) in [6.07, 6.45) is 0.824. The van der Waals surface area contributed by atoms with Crippen LogP contribution in [0.4, 0.5) is 0 Å². The van der Waals surface area contributed by atoms with Crippen molar-refractivity contribution in [2.24, 2.45) is 5.73 Å². The molecule has 2 heterocycles. The van der Waals surface area contributed by atoms with Gasteiger partial charge in [-0.1, -0.05) is 20.8 Å². The van der Waals surface area contributed by atoms with Gasteiger partial charge in [0, 0.05) is 24.0 Å². The van der Waals surface area contributed by atoms with Crippen molar-refractivity contribution in [1.29, 1.82) is 0 Å².